The summed E-state index contributed by atoms with van der Waals surface area (Å²) in [5.41, 5.74) is 0. The maximum absolute atomic E-state index is 11.8. The molecule has 0 spiro atoms. The van der Waals surface area contributed by atoms with Crippen LogP contribution in [0.4, 0.5) is 0 Å². The van der Waals surface area contributed by atoms with E-state index in [0.29, 0.717) is 17.7 Å². The van der Waals surface area contributed by atoms with Gasteiger partial charge in [-0.3, -0.25) is 4.79 Å². The molecule has 0 aromatic rings. The number of amides is 1. The molecular formula is C11H20N2O. The molecule has 2 rings (SSSR count). The number of piperidine rings is 1. The van der Waals surface area contributed by atoms with Gasteiger partial charge in [-0.25, -0.2) is 0 Å². The summed E-state index contributed by atoms with van der Waals surface area (Å²) >= 11 is 0. The zero-order valence-corrected chi connectivity index (χ0v) is 8.96. The van der Waals surface area contributed by atoms with Crippen LogP contribution in [0.2, 0.25) is 0 Å². The van der Waals surface area contributed by atoms with Crippen LogP contribution < -0.4 is 5.32 Å². The van der Waals surface area contributed by atoms with Crippen molar-refractivity contribution in [2.24, 2.45) is 11.8 Å². The van der Waals surface area contributed by atoms with Gasteiger partial charge in [0.05, 0.1) is 0 Å². The van der Waals surface area contributed by atoms with E-state index in [2.05, 4.69) is 10.2 Å². The molecule has 80 valence electrons. The average Bonchev–Trinajstić information content (AvgIpc) is 3.01. The van der Waals surface area contributed by atoms with Gasteiger partial charge in [-0.2, -0.15) is 0 Å². The first-order valence-electron chi connectivity index (χ1n) is 5.74. The lowest BCUT2D eigenvalue weighted by molar-refractivity contribution is -0.134. The van der Waals surface area contributed by atoms with Gasteiger partial charge in [0, 0.05) is 19.0 Å². The Labute approximate surface area is 85.8 Å². The van der Waals surface area contributed by atoms with Crippen LogP contribution in [-0.2, 0) is 4.79 Å². The summed E-state index contributed by atoms with van der Waals surface area (Å²) in [7, 11) is 1.99. The van der Waals surface area contributed by atoms with E-state index >= 15 is 0 Å². The highest BCUT2D eigenvalue weighted by atomic mass is 16.2. The van der Waals surface area contributed by atoms with E-state index in [1.165, 1.54) is 12.8 Å². The molecule has 1 amide bonds. The van der Waals surface area contributed by atoms with Crippen LogP contribution in [0, 0.1) is 11.8 Å². The van der Waals surface area contributed by atoms with Crippen LogP contribution in [0.3, 0.4) is 0 Å². The number of rotatable bonds is 3. The number of nitrogens with zero attached hydrogens (tertiary/aromatic N) is 1. The third kappa shape index (κ3) is 2.27. The normalized spacial score (nSPS) is 27.8. The standard InChI is InChI=1S/C11H20N2O/c1-12-7-9-3-2-6-13(8-9)11(14)10-4-5-10/h9-10,12H,2-8H2,1H3. The van der Waals surface area contributed by atoms with Crippen molar-refractivity contribution in [3.05, 3.63) is 0 Å². The third-order valence-corrected chi connectivity index (χ3v) is 3.25. The van der Waals surface area contributed by atoms with E-state index in [-0.39, 0.29) is 0 Å². The summed E-state index contributed by atoms with van der Waals surface area (Å²) in [6.07, 6.45) is 4.72. The monoisotopic (exact) mass is 196 g/mol. The van der Waals surface area contributed by atoms with E-state index in [4.69, 9.17) is 0 Å². The summed E-state index contributed by atoms with van der Waals surface area (Å²) in [5.74, 6) is 1.49. The number of hydrogen-bond donors (Lipinski definition) is 1. The Morgan fingerprint density at radius 3 is 2.86 bits per heavy atom. The smallest absolute Gasteiger partial charge is 0.225 e. The summed E-state index contributed by atoms with van der Waals surface area (Å²) in [5, 5.41) is 3.20. The Hall–Kier alpha value is -0.570. The highest BCUT2D eigenvalue weighted by Crippen LogP contribution is 2.32. The Balaban J connectivity index is 1.83. The number of hydrogen-bond acceptors (Lipinski definition) is 2. The first-order valence-corrected chi connectivity index (χ1v) is 5.74. The lowest BCUT2D eigenvalue weighted by atomic mass is 9.98. The molecule has 1 aliphatic carbocycles. The van der Waals surface area contributed by atoms with Crippen molar-refractivity contribution in [3.63, 3.8) is 0 Å². The van der Waals surface area contributed by atoms with Crippen molar-refractivity contribution in [1.82, 2.24) is 10.2 Å². The zero-order valence-electron chi connectivity index (χ0n) is 8.96. The van der Waals surface area contributed by atoms with Crippen molar-refractivity contribution >= 4 is 5.91 Å². The van der Waals surface area contributed by atoms with Gasteiger partial charge < -0.3 is 10.2 Å². The minimum absolute atomic E-state index is 0.392. The zero-order chi connectivity index (χ0) is 9.97. The molecule has 1 saturated carbocycles. The second-order valence-electron chi connectivity index (χ2n) is 4.62. The lowest BCUT2D eigenvalue weighted by Gasteiger charge is -2.32. The second kappa shape index (κ2) is 4.30. The fourth-order valence-electron chi connectivity index (χ4n) is 2.31. The number of carbonyl (C=O) groups excluding carboxylic acids is 1. The van der Waals surface area contributed by atoms with Crippen molar-refractivity contribution in [2.45, 2.75) is 25.7 Å². The van der Waals surface area contributed by atoms with Crippen LogP contribution in [0.25, 0.3) is 0 Å². The minimum atomic E-state index is 0.392. The van der Waals surface area contributed by atoms with Crippen molar-refractivity contribution in [1.29, 1.82) is 0 Å². The predicted molar refractivity (Wildman–Crippen MR) is 56.0 cm³/mol. The van der Waals surface area contributed by atoms with Gasteiger partial charge >= 0.3 is 0 Å². The summed E-state index contributed by atoms with van der Waals surface area (Å²) in [6, 6.07) is 0. The number of carbonyl (C=O) groups is 1. The molecule has 0 radical (unpaired) electrons. The molecule has 0 aromatic carbocycles. The minimum Gasteiger partial charge on any atom is -0.342 e. The molecule has 1 atom stereocenters. The van der Waals surface area contributed by atoms with Crippen LogP contribution in [0.5, 0.6) is 0 Å². The molecule has 2 aliphatic rings. The highest BCUT2D eigenvalue weighted by Gasteiger charge is 2.35. The van der Waals surface area contributed by atoms with E-state index in [0.717, 1.165) is 32.5 Å². The topological polar surface area (TPSA) is 32.3 Å². The fraction of sp³-hybridized carbons (Fsp3) is 0.909. The van der Waals surface area contributed by atoms with Crippen LogP contribution in [0.1, 0.15) is 25.7 Å². The molecule has 1 heterocycles. The number of nitrogens with one attached hydrogen (secondary N) is 1. The van der Waals surface area contributed by atoms with Gasteiger partial charge in [0.15, 0.2) is 0 Å². The fourth-order valence-corrected chi connectivity index (χ4v) is 2.31. The van der Waals surface area contributed by atoms with Gasteiger partial charge in [-0.05, 0) is 45.2 Å². The Morgan fingerprint density at radius 2 is 2.21 bits per heavy atom. The molecule has 3 heteroatoms. The number of likely N-dealkylation sites (tertiary alicyclic amines) is 1. The van der Waals surface area contributed by atoms with E-state index in [1.54, 1.807) is 0 Å². The molecule has 1 saturated heterocycles. The molecule has 14 heavy (non-hydrogen) atoms. The summed E-state index contributed by atoms with van der Waals surface area (Å²) < 4.78 is 0. The molecular weight excluding hydrogens is 176 g/mol. The first kappa shape index (κ1) is 9.97. The van der Waals surface area contributed by atoms with Crippen molar-refractivity contribution in [3.8, 4) is 0 Å². The van der Waals surface area contributed by atoms with Gasteiger partial charge in [0.1, 0.15) is 0 Å². The maximum atomic E-state index is 11.8. The molecule has 0 aromatic heterocycles. The Morgan fingerprint density at radius 1 is 1.43 bits per heavy atom. The van der Waals surface area contributed by atoms with E-state index < -0.39 is 0 Å². The predicted octanol–water partition coefficient (Wildman–Crippen LogP) is 0.854. The first-order chi connectivity index (χ1) is 6.81. The maximum Gasteiger partial charge on any atom is 0.225 e. The molecule has 1 unspecified atom stereocenters. The van der Waals surface area contributed by atoms with E-state index in [9.17, 15) is 4.79 Å². The molecule has 1 N–H and O–H groups in total. The molecule has 2 fully saturated rings. The molecule has 0 bridgehead atoms. The lowest BCUT2D eigenvalue weighted by Crippen LogP contribution is -2.43. The molecule has 1 aliphatic heterocycles. The van der Waals surface area contributed by atoms with Gasteiger partial charge in [0.2, 0.25) is 5.91 Å². The quantitative estimate of drug-likeness (QED) is 0.726. The second-order valence-corrected chi connectivity index (χ2v) is 4.62. The summed E-state index contributed by atoms with van der Waals surface area (Å²) in [6.45, 7) is 3.03. The SMILES string of the molecule is CNCC1CCCN(C(=O)C2CC2)C1. The average molecular weight is 196 g/mol. The van der Waals surface area contributed by atoms with Gasteiger partial charge in [-0.15, -0.1) is 0 Å². The van der Waals surface area contributed by atoms with Crippen molar-refractivity contribution < 1.29 is 4.79 Å². The highest BCUT2D eigenvalue weighted by molar-refractivity contribution is 5.81. The van der Waals surface area contributed by atoms with E-state index in [1.807, 2.05) is 7.05 Å². The van der Waals surface area contributed by atoms with Crippen LogP contribution in [-0.4, -0.2) is 37.5 Å². The summed E-state index contributed by atoms with van der Waals surface area (Å²) in [4.78, 5) is 13.9. The Bertz CT molecular complexity index is 211. The largest absolute Gasteiger partial charge is 0.342 e. The van der Waals surface area contributed by atoms with Crippen molar-refractivity contribution in [2.75, 3.05) is 26.7 Å². The van der Waals surface area contributed by atoms with Gasteiger partial charge in [-0.1, -0.05) is 0 Å². The Kier molecular flexibility index (Phi) is 3.06. The van der Waals surface area contributed by atoms with Gasteiger partial charge in [0.25, 0.3) is 0 Å². The van der Waals surface area contributed by atoms with Crippen LogP contribution in [0.15, 0.2) is 0 Å². The third-order valence-electron chi connectivity index (χ3n) is 3.25. The van der Waals surface area contributed by atoms with Crippen LogP contribution >= 0.6 is 0 Å². The molecule has 3 nitrogen and oxygen atoms in total.